The van der Waals surface area contributed by atoms with Crippen LogP contribution in [0.1, 0.15) is 34.1 Å². The van der Waals surface area contributed by atoms with Gasteiger partial charge in [-0.3, -0.25) is 0 Å². The maximum absolute atomic E-state index is 12.1. The van der Waals surface area contributed by atoms with Crippen LogP contribution in [0.25, 0.3) is 0 Å². The van der Waals surface area contributed by atoms with Gasteiger partial charge in [-0.1, -0.05) is 6.92 Å². The van der Waals surface area contributed by atoms with Crippen molar-refractivity contribution in [2.24, 2.45) is 0 Å². The van der Waals surface area contributed by atoms with E-state index in [1.165, 1.54) is 0 Å². The predicted octanol–water partition coefficient (Wildman–Crippen LogP) is 2.55. The van der Waals surface area contributed by atoms with E-state index in [0.717, 1.165) is 6.42 Å². The van der Waals surface area contributed by atoms with Gasteiger partial charge in [-0.25, -0.2) is 13.1 Å². The molecule has 0 atom stereocenters. The number of sulfonamides is 1. The normalized spacial score (nSPS) is 12.4. The van der Waals surface area contributed by atoms with Crippen LogP contribution in [0.5, 0.6) is 5.75 Å². The Labute approximate surface area is 109 Å². The van der Waals surface area contributed by atoms with Crippen molar-refractivity contribution in [1.82, 2.24) is 4.72 Å². The van der Waals surface area contributed by atoms with Gasteiger partial charge in [-0.2, -0.15) is 0 Å². The minimum Gasteiger partial charge on any atom is -0.494 e. The van der Waals surface area contributed by atoms with Gasteiger partial charge in [0, 0.05) is 5.54 Å². The highest BCUT2D eigenvalue weighted by molar-refractivity contribution is 7.89. The third-order valence-electron chi connectivity index (χ3n) is 2.74. The first-order chi connectivity index (χ1) is 8.30. The van der Waals surface area contributed by atoms with Crippen LogP contribution in [0.4, 0.5) is 0 Å². The quantitative estimate of drug-likeness (QED) is 0.865. The minimum absolute atomic E-state index is 0.257. The number of ether oxygens (including phenoxy) is 1. The first kappa shape index (κ1) is 15.0. The summed E-state index contributed by atoms with van der Waals surface area (Å²) in [6.07, 6.45) is 0.725. The largest absolute Gasteiger partial charge is 0.494 e. The van der Waals surface area contributed by atoms with E-state index in [-0.39, 0.29) is 4.90 Å². The van der Waals surface area contributed by atoms with Gasteiger partial charge in [0.2, 0.25) is 10.0 Å². The molecule has 0 radical (unpaired) electrons. The summed E-state index contributed by atoms with van der Waals surface area (Å²) in [5.74, 6) is 0.672. The molecular weight excluding hydrogens is 250 g/mol. The summed E-state index contributed by atoms with van der Waals surface area (Å²) >= 11 is 0. The second kappa shape index (κ2) is 5.71. The van der Waals surface area contributed by atoms with Gasteiger partial charge in [-0.15, -0.1) is 0 Å². The highest BCUT2D eigenvalue weighted by Gasteiger charge is 2.24. The summed E-state index contributed by atoms with van der Waals surface area (Å²) in [5.41, 5.74) is -0.447. The number of nitrogens with one attached hydrogen (secondary N) is 1. The molecule has 5 heteroatoms. The smallest absolute Gasteiger partial charge is 0.241 e. The van der Waals surface area contributed by atoms with Crippen LogP contribution in [-0.4, -0.2) is 20.6 Å². The molecule has 4 nitrogen and oxygen atoms in total. The van der Waals surface area contributed by atoms with Crippen LogP contribution in [0.2, 0.25) is 0 Å². The van der Waals surface area contributed by atoms with Crippen LogP contribution in [0, 0.1) is 0 Å². The van der Waals surface area contributed by atoms with E-state index in [1.807, 2.05) is 27.7 Å². The summed E-state index contributed by atoms with van der Waals surface area (Å²) in [4.78, 5) is 0.257. The van der Waals surface area contributed by atoms with Crippen molar-refractivity contribution in [2.75, 3.05) is 6.61 Å². The van der Waals surface area contributed by atoms with Crippen LogP contribution < -0.4 is 9.46 Å². The van der Waals surface area contributed by atoms with Crippen LogP contribution >= 0.6 is 0 Å². The lowest BCUT2D eigenvalue weighted by Crippen LogP contribution is -2.42. The SMILES string of the molecule is CCOc1ccc(S(=O)(=O)NC(C)(C)CC)cc1. The Kier molecular flexibility index (Phi) is 4.76. The Morgan fingerprint density at radius 1 is 1.17 bits per heavy atom. The van der Waals surface area contributed by atoms with Crippen molar-refractivity contribution in [2.45, 2.75) is 44.6 Å². The molecule has 102 valence electrons. The van der Waals surface area contributed by atoms with Crippen molar-refractivity contribution in [3.05, 3.63) is 24.3 Å². The average Bonchev–Trinajstić information content (AvgIpc) is 2.29. The molecule has 0 aliphatic rings. The fraction of sp³-hybridized carbons (Fsp3) is 0.538. The van der Waals surface area contributed by atoms with Crippen LogP contribution in [0.15, 0.2) is 29.2 Å². The summed E-state index contributed by atoms with van der Waals surface area (Å²) in [6, 6.07) is 6.44. The maximum Gasteiger partial charge on any atom is 0.241 e. The van der Waals surface area contributed by atoms with Crippen molar-refractivity contribution in [1.29, 1.82) is 0 Å². The third-order valence-corrected chi connectivity index (χ3v) is 4.45. The Bertz CT molecular complexity index is 477. The Hall–Kier alpha value is -1.07. The molecule has 0 bridgehead atoms. The molecule has 18 heavy (non-hydrogen) atoms. The molecule has 1 rings (SSSR count). The zero-order chi connectivity index (χ0) is 13.8. The fourth-order valence-corrected chi connectivity index (χ4v) is 2.86. The molecule has 0 amide bonds. The van der Waals surface area contributed by atoms with E-state index in [9.17, 15) is 8.42 Å². The minimum atomic E-state index is -3.47. The van der Waals surface area contributed by atoms with Gasteiger partial charge in [0.25, 0.3) is 0 Å². The molecule has 0 aliphatic heterocycles. The molecule has 0 heterocycles. The topological polar surface area (TPSA) is 55.4 Å². The van der Waals surface area contributed by atoms with E-state index in [4.69, 9.17) is 4.74 Å². The Balaban J connectivity index is 2.92. The van der Waals surface area contributed by atoms with Gasteiger partial charge in [0.1, 0.15) is 5.75 Å². The lowest BCUT2D eigenvalue weighted by molar-refractivity contribution is 0.340. The van der Waals surface area contributed by atoms with Gasteiger partial charge < -0.3 is 4.74 Å². The maximum atomic E-state index is 12.1. The van der Waals surface area contributed by atoms with Crippen molar-refractivity contribution < 1.29 is 13.2 Å². The van der Waals surface area contributed by atoms with Crippen LogP contribution in [0.3, 0.4) is 0 Å². The number of hydrogen-bond acceptors (Lipinski definition) is 3. The lowest BCUT2D eigenvalue weighted by atomic mass is 10.0. The number of rotatable bonds is 6. The Morgan fingerprint density at radius 2 is 1.72 bits per heavy atom. The molecule has 0 unspecified atom stereocenters. The summed E-state index contributed by atoms with van der Waals surface area (Å²) < 4.78 is 32.2. The zero-order valence-corrected chi connectivity index (χ0v) is 12.2. The van der Waals surface area contributed by atoms with Gasteiger partial charge in [0.15, 0.2) is 0 Å². The summed E-state index contributed by atoms with van der Waals surface area (Å²) in [6.45, 7) is 8.11. The van der Waals surface area contributed by atoms with Crippen molar-refractivity contribution in [3.63, 3.8) is 0 Å². The molecule has 0 fully saturated rings. The van der Waals surface area contributed by atoms with E-state index in [0.29, 0.717) is 12.4 Å². The second-order valence-electron chi connectivity index (χ2n) is 4.75. The van der Waals surface area contributed by atoms with Crippen LogP contribution in [-0.2, 0) is 10.0 Å². The molecule has 1 aromatic rings. The molecule has 0 aromatic heterocycles. The average molecular weight is 271 g/mol. The molecule has 0 saturated carbocycles. The molecular formula is C13H21NO3S. The molecule has 0 saturated heterocycles. The summed E-state index contributed by atoms with van der Waals surface area (Å²) in [5, 5.41) is 0. The van der Waals surface area contributed by atoms with E-state index in [1.54, 1.807) is 24.3 Å². The first-order valence-corrected chi connectivity index (χ1v) is 7.56. The zero-order valence-electron chi connectivity index (χ0n) is 11.4. The van der Waals surface area contributed by atoms with Crippen molar-refractivity contribution >= 4 is 10.0 Å². The number of benzene rings is 1. The van der Waals surface area contributed by atoms with Gasteiger partial charge >= 0.3 is 0 Å². The standard InChI is InChI=1S/C13H21NO3S/c1-5-13(3,4)14-18(15,16)12-9-7-11(8-10-12)17-6-2/h7-10,14H,5-6H2,1-4H3. The highest BCUT2D eigenvalue weighted by atomic mass is 32.2. The fourth-order valence-electron chi connectivity index (χ4n) is 1.38. The lowest BCUT2D eigenvalue weighted by Gasteiger charge is -2.24. The molecule has 1 aromatic carbocycles. The van der Waals surface area contributed by atoms with Crippen molar-refractivity contribution in [3.8, 4) is 5.75 Å². The molecule has 0 spiro atoms. The second-order valence-corrected chi connectivity index (χ2v) is 6.43. The third kappa shape index (κ3) is 3.99. The molecule has 0 aliphatic carbocycles. The predicted molar refractivity (Wildman–Crippen MR) is 72.3 cm³/mol. The number of hydrogen-bond donors (Lipinski definition) is 1. The summed E-state index contributed by atoms with van der Waals surface area (Å²) in [7, 11) is -3.47. The van der Waals surface area contributed by atoms with Gasteiger partial charge in [0.05, 0.1) is 11.5 Å². The van der Waals surface area contributed by atoms with Gasteiger partial charge in [-0.05, 0) is 51.5 Å². The monoisotopic (exact) mass is 271 g/mol. The van der Waals surface area contributed by atoms with E-state index < -0.39 is 15.6 Å². The Morgan fingerprint density at radius 3 is 2.17 bits per heavy atom. The van der Waals surface area contributed by atoms with E-state index in [2.05, 4.69) is 4.72 Å². The highest BCUT2D eigenvalue weighted by Crippen LogP contribution is 2.18. The molecule has 1 N–H and O–H groups in total. The first-order valence-electron chi connectivity index (χ1n) is 6.07. The van der Waals surface area contributed by atoms with E-state index >= 15 is 0 Å².